The minimum Gasteiger partial charge on any atom is -0.255 e. The fourth-order valence-electron chi connectivity index (χ4n) is 7.84. The first-order chi connectivity index (χ1) is 24.8. The smallest absolute Gasteiger partial charge is 0.182 e. The molecule has 3 aromatic heterocycles. The zero-order valence-corrected chi connectivity index (χ0v) is 31.7. The number of unbranched alkanes of at least 4 members (excludes halogenated alkanes) is 10. The lowest BCUT2D eigenvalue weighted by Crippen LogP contribution is -2.25. The van der Waals surface area contributed by atoms with Gasteiger partial charge in [0.05, 0.1) is 5.69 Å². The molecule has 0 N–H and O–H groups in total. The number of benzene rings is 2. The van der Waals surface area contributed by atoms with Gasteiger partial charge in [0.25, 0.3) is 0 Å². The number of pyridine rings is 2. The Labute approximate surface area is 306 Å². The van der Waals surface area contributed by atoms with E-state index in [1.165, 1.54) is 118 Å². The highest BCUT2D eigenvalue weighted by atomic mass is 15.1. The summed E-state index contributed by atoms with van der Waals surface area (Å²) >= 11 is 0. The molecule has 266 valence electrons. The third-order valence-corrected chi connectivity index (χ3v) is 10.7. The molecule has 1 aliphatic rings. The fourth-order valence-corrected chi connectivity index (χ4v) is 7.84. The highest BCUT2D eigenvalue weighted by Gasteiger charge is 2.42. The number of nitrogens with zero attached hydrogens (tertiary/aromatic N) is 5. The summed E-state index contributed by atoms with van der Waals surface area (Å²) in [6.07, 6.45) is 22.0. The van der Waals surface area contributed by atoms with E-state index >= 15 is 0 Å². The maximum Gasteiger partial charge on any atom is 0.182 e. The van der Waals surface area contributed by atoms with Crippen molar-refractivity contribution in [1.82, 2.24) is 24.9 Å². The summed E-state index contributed by atoms with van der Waals surface area (Å²) in [6, 6.07) is 26.4. The van der Waals surface area contributed by atoms with Crippen molar-refractivity contribution in [2.45, 2.75) is 135 Å². The maximum absolute atomic E-state index is 5.03. The van der Waals surface area contributed by atoms with Crippen LogP contribution in [-0.2, 0) is 10.8 Å². The molecule has 0 atom stereocenters. The second-order valence-corrected chi connectivity index (χ2v) is 15.6. The molecule has 51 heavy (non-hydrogen) atoms. The molecule has 0 fully saturated rings. The maximum atomic E-state index is 5.03. The van der Waals surface area contributed by atoms with E-state index < -0.39 is 0 Å². The van der Waals surface area contributed by atoms with Crippen molar-refractivity contribution in [3.8, 4) is 45.3 Å². The fraction of sp³-hybridized carbons (Fsp3) is 0.457. The number of hydrogen-bond acceptors (Lipinski definition) is 5. The van der Waals surface area contributed by atoms with Crippen LogP contribution in [0.3, 0.4) is 0 Å². The lowest BCUT2D eigenvalue weighted by Gasteiger charge is -2.33. The first kappa shape index (κ1) is 36.5. The molecule has 0 aliphatic heterocycles. The Morgan fingerprint density at radius 3 is 1.80 bits per heavy atom. The molecule has 0 saturated heterocycles. The van der Waals surface area contributed by atoms with E-state index in [0.29, 0.717) is 11.6 Å². The van der Waals surface area contributed by atoms with Gasteiger partial charge in [0.15, 0.2) is 11.6 Å². The Hall–Kier alpha value is -4.25. The molecule has 0 unspecified atom stereocenters. The van der Waals surface area contributed by atoms with Crippen molar-refractivity contribution in [2.24, 2.45) is 0 Å². The largest absolute Gasteiger partial charge is 0.255 e. The lowest BCUT2D eigenvalue weighted by atomic mass is 9.70. The van der Waals surface area contributed by atoms with Crippen LogP contribution in [0.5, 0.6) is 0 Å². The van der Waals surface area contributed by atoms with E-state index in [1.54, 1.807) is 6.20 Å². The van der Waals surface area contributed by atoms with Crippen molar-refractivity contribution >= 4 is 0 Å². The monoisotopic (exact) mass is 679 g/mol. The van der Waals surface area contributed by atoms with Gasteiger partial charge in [-0.2, -0.15) is 0 Å². The highest BCUT2D eigenvalue weighted by molar-refractivity contribution is 5.83. The molecule has 0 bridgehead atoms. The predicted molar refractivity (Wildman–Crippen MR) is 213 cm³/mol. The Kier molecular flexibility index (Phi) is 12.1. The average molecular weight is 680 g/mol. The van der Waals surface area contributed by atoms with Crippen LogP contribution < -0.4 is 0 Å². The molecule has 2 aromatic carbocycles. The molecule has 6 rings (SSSR count). The molecule has 1 aliphatic carbocycles. The molecule has 0 saturated carbocycles. The molecular formula is C46H57N5. The van der Waals surface area contributed by atoms with Crippen LogP contribution in [0.15, 0.2) is 85.2 Å². The van der Waals surface area contributed by atoms with Crippen molar-refractivity contribution < 1.29 is 0 Å². The predicted octanol–water partition coefficient (Wildman–Crippen LogP) is 12.7. The molecule has 5 aromatic rings. The molecule has 0 radical (unpaired) electrons. The minimum atomic E-state index is -0.242. The number of rotatable bonds is 17. The number of fused-ring (bicyclic) bond motifs is 3. The number of aromatic nitrogens is 5. The van der Waals surface area contributed by atoms with Crippen LogP contribution in [0.2, 0.25) is 0 Å². The Morgan fingerprint density at radius 2 is 1.16 bits per heavy atom. The van der Waals surface area contributed by atoms with E-state index in [-0.39, 0.29) is 10.8 Å². The van der Waals surface area contributed by atoms with Gasteiger partial charge < -0.3 is 0 Å². The summed E-state index contributed by atoms with van der Waals surface area (Å²) in [7, 11) is 0. The van der Waals surface area contributed by atoms with Crippen LogP contribution >= 0.6 is 0 Å². The van der Waals surface area contributed by atoms with Gasteiger partial charge in [-0.25, -0.2) is 15.0 Å². The normalized spacial score (nSPS) is 13.3. The van der Waals surface area contributed by atoms with Gasteiger partial charge in [-0.3, -0.25) is 9.97 Å². The summed E-state index contributed by atoms with van der Waals surface area (Å²) in [6.45, 7) is 11.0. The second-order valence-electron chi connectivity index (χ2n) is 15.6. The average Bonchev–Trinajstić information content (AvgIpc) is 3.43. The molecule has 3 heterocycles. The van der Waals surface area contributed by atoms with Gasteiger partial charge in [0.1, 0.15) is 11.5 Å². The first-order valence-electron chi connectivity index (χ1n) is 19.7. The molecule has 0 spiro atoms. The second kappa shape index (κ2) is 16.8. The van der Waals surface area contributed by atoms with Crippen LogP contribution in [0, 0.1) is 0 Å². The van der Waals surface area contributed by atoms with Gasteiger partial charge in [0, 0.05) is 34.4 Å². The van der Waals surface area contributed by atoms with Gasteiger partial charge >= 0.3 is 0 Å². The molecule has 5 heteroatoms. The third-order valence-electron chi connectivity index (χ3n) is 10.7. The Morgan fingerprint density at radius 1 is 0.529 bits per heavy atom. The first-order valence-corrected chi connectivity index (χ1v) is 19.7. The van der Waals surface area contributed by atoms with Gasteiger partial charge in [0.2, 0.25) is 0 Å². The van der Waals surface area contributed by atoms with E-state index in [4.69, 9.17) is 19.9 Å². The lowest BCUT2D eigenvalue weighted by molar-refractivity contribution is 0.398. The van der Waals surface area contributed by atoms with Crippen molar-refractivity contribution in [2.75, 3.05) is 0 Å². The topological polar surface area (TPSA) is 64.5 Å². The van der Waals surface area contributed by atoms with Crippen LogP contribution in [0.1, 0.15) is 141 Å². The summed E-state index contributed by atoms with van der Waals surface area (Å²) in [5.74, 6) is 1.94. The SMILES string of the molecule is CCCCCCCCC1(CCCCCCCC)c2ccccc2-c2ccc(-c3ccc(-c4nc(-c5ccccn5)nc(C(C)(C)C)n4)cn3)cc21. The summed E-state index contributed by atoms with van der Waals surface area (Å²) < 4.78 is 0. The Bertz CT molecular complexity index is 1840. The molecular weight excluding hydrogens is 623 g/mol. The van der Waals surface area contributed by atoms with Crippen LogP contribution in [-0.4, -0.2) is 24.9 Å². The molecule has 5 nitrogen and oxygen atoms in total. The van der Waals surface area contributed by atoms with E-state index in [9.17, 15) is 0 Å². The van der Waals surface area contributed by atoms with Crippen molar-refractivity contribution in [1.29, 1.82) is 0 Å². The van der Waals surface area contributed by atoms with E-state index in [1.807, 2.05) is 24.4 Å². The quantitative estimate of drug-likeness (QED) is 0.0915. The third kappa shape index (κ3) is 8.46. The van der Waals surface area contributed by atoms with Gasteiger partial charge in [-0.05, 0) is 65.4 Å². The van der Waals surface area contributed by atoms with E-state index in [0.717, 1.165) is 22.8 Å². The minimum absolute atomic E-state index is 0.0491. The van der Waals surface area contributed by atoms with Gasteiger partial charge in [-0.15, -0.1) is 0 Å². The van der Waals surface area contributed by atoms with Crippen LogP contribution in [0.25, 0.3) is 45.3 Å². The van der Waals surface area contributed by atoms with Crippen LogP contribution in [0.4, 0.5) is 0 Å². The number of hydrogen-bond donors (Lipinski definition) is 0. The standard InChI is InChI=1S/C46H57N5/c1-6-8-10-12-14-19-29-46(30-20-15-13-11-9-7-2)38-23-17-16-22-36(38)37-27-25-34(32-39(37)46)40-28-26-35(33-48-40)42-49-43(41-24-18-21-31-47-41)51-44(50-42)45(3,4)5/h16-18,21-28,31-33H,6-15,19-20,29-30H2,1-5H3. The van der Waals surface area contributed by atoms with Crippen molar-refractivity contribution in [3.63, 3.8) is 0 Å². The van der Waals surface area contributed by atoms with E-state index in [2.05, 4.69) is 94.2 Å². The van der Waals surface area contributed by atoms with Gasteiger partial charge in [-0.1, -0.05) is 154 Å². The highest BCUT2D eigenvalue weighted by Crippen LogP contribution is 2.55. The summed E-state index contributed by atoms with van der Waals surface area (Å²) in [5.41, 5.74) is 9.43. The van der Waals surface area contributed by atoms with Crippen molar-refractivity contribution in [3.05, 3.63) is 102 Å². The zero-order valence-electron chi connectivity index (χ0n) is 31.7. The Balaban J connectivity index is 1.33. The molecule has 0 amide bonds. The summed E-state index contributed by atoms with van der Waals surface area (Å²) in [4.78, 5) is 24.1. The zero-order chi connectivity index (χ0) is 35.7. The summed E-state index contributed by atoms with van der Waals surface area (Å²) in [5, 5.41) is 0.